The van der Waals surface area contributed by atoms with Crippen molar-refractivity contribution in [2.75, 3.05) is 4.31 Å². The normalized spacial score (nSPS) is 11.1. The largest absolute Gasteiger partial charge is 0.420 e. The van der Waals surface area contributed by atoms with E-state index in [-0.39, 0.29) is 42.5 Å². The van der Waals surface area contributed by atoms with E-state index < -0.39 is 21.9 Å². The number of sulfonamides is 1. The summed E-state index contributed by atoms with van der Waals surface area (Å²) in [6, 6.07) is 22.1. The van der Waals surface area contributed by atoms with Gasteiger partial charge in [0.05, 0.1) is 26.2 Å². The average Bonchev–Trinajstić information content (AvgIpc) is 2.90. The minimum atomic E-state index is -4.54. The maximum atomic E-state index is 13.7. The molecule has 1 amide bonds. The Hall–Kier alpha value is -3.07. The summed E-state index contributed by atoms with van der Waals surface area (Å²) in [6.45, 7) is 0. The van der Waals surface area contributed by atoms with Gasteiger partial charge in [0.1, 0.15) is 5.02 Å². The van der Waals surface area contributed by atoms with E-state index in [2.05, 4.69) is 0 Å². The van der Waals surface area contributed by atoms with Crippen LogP contribution in [0.15, 0.2) is 95.9 Å². The van der Waals surface area contributed by atoms with Crippen molar-refractivity contribution in [3.8, 4) is 5.75 Å². The van der Waals surface area contributed by atoms with E-state index in [0.717, 1.165) is 6.07 Å². The third-order valence-corrected chi connectivity index (χ3v) is 8.16. The zero-order valence-electron chi connectivity index (χ0n) is 18.6. The van der Waals surface area contributed by atoms with E-state index in [0.29, 0.717) is 9.33 Å². The first-order valence-electron chi connectivity index (χ1n) is 10.5. The standard InChI is InChI=1S/C26H15Cl4NO5S/c27-18-11-13-19(14-12-18)37(34,35)31(25(32)16-7-3-1-4-8-16)21-15-20(28)24(23(30)22(21)29)36-26(33)17-9-5-2-6-10-17/h1-15H. The fourth-order valence-electron chi connectivity index (χ4n) is 3.29. The maximum absolute atomic E-state index is 13.7. The number of benzene rings is 4. The molecular formula is C26H15Cl4NO5S. The van der Waals surface area contributed by atoms with Crippen LogP contribution in [0.25, 0.3) is 0 Å². The lowest BCUT2D eigenvalue weighted by Gasteiger charge is -2.25. The highest BCUT2D eigenvalue weighted by atomic mass is 35.5. The number of halogens is 4. The smallest absolute Gasteiger partial charge is 0.343 e. The van der Waals surface area contributed by atoms with Gasteiger partial charge in [-0.05, 0) is 54.6 Å². The molecule has 0 aliphatic carbocycles. The minimum absolute atomic E-state index is 0.0583. The number of hydrogen-bond acceptors (Lipinski definition) is 5. The van der Waals surface area contributed by atoms with Crippen molar-refractivity contribution in [1.29, 1.82) is 0 Å². The summed E-state index contributed by atoms with van der Waals surface area (Å²) in [7, 11) is -4.54. The van der Waals surface area contributed by atoms with Crippen LogP contribution in [0.3, 0.4) is 0 Å². The molecule has 4 aromatic rings. The van der Waals surface area contributed by atoms with Crippen LogP contribution < -0.4 is 9.04 Å². The van der Waals surface area contributed by atoms with Gasteiger partial charge in [0.2, 0.25) is 0 Å². The second-order valence-electron chi connectivity index (χ2n) is 7.48. The number of amides is 1. The van der Waals surface area contributed by atoms with Crippen LogP contribution in [0.2, 0.25) is 20.1 Å². The van der Waals surface area contributed by atoms with E-state index in [4.69, 9.17) is 51.1 Å². The van der Waals surface area contributed by atoms with Gasteiger partial charge in [-0.25, -0.2) is 13.2 Å². The molecular weight excluding hydrogens is 580 g/mol. The summed E-state index contributed by atoms with van der Waals surface area (Å²) >= 11 is 25.2. The van der Waals surface area contributed by atoms with Crippen LogP contribution in [-0.2, 0) is 10.0 Å². The molecule has 4 rings (SSSR count). The monoisotopic (exact) mass is 593 g/mol. The zero-order chi connectivity index (χ0) is 26.7. The van der Waals surface area contributed by atoms with E-state index in [1.54, 1.807) is 36.4 Å². The van der Waals surface area contributed by atoms with Gasteiger partial charge in [0.15, 0.2) is 5.75 Å². The van der Waals surface area contributed by atoms with Gasteiger partial charge in [-0.15, -0.1) is 0 Å². The molecule has 0 heterocycles. The van der Waals surface area contributed by atoms with Crippen molar-refractivity contribution < 1.29 is 22.7 Å². The Morgan fingerprint density at radius 3 is 1.81 bits per heavy atom. The number of nitrogens with zero attached hydrogens (tertiary/aromatic N) is 1. The summed E-state index contributed by atoms with van der Waals surface area (Å²) < 4.78 is 33.3. The van der Waals surface area contributed by atoms with Crippen LogP contribution in [0, 0.1) is 0 Å². The third-order valence-electron chi connectivity index (χ3n) is 5.08. The van der Waals surface area contributed by atoms with Gasteiger partial charge in [-0.2, -0.15) is 4.31 Å². The quantitative estimate of drug-likeness (QED) is 0.131. The lowest BCUT2D eigenvalue weighted by molar-refractivity contribution is 0.0734. The van der Waals surface area contributed by atoms with E-state index in [1.807, 2.05) is 0 Å². The number of carbonyl (C=O) groups excluding carboxylic acids is 2. The summed E-state index contributed by atoms with van der Waals surface area (Å²) in [5.74, 6) is -1.97. The highest BCUT2D eigenvalue weighted by Gasteiger charge is 2.35. The van der Waals surface area contributed by atoms with Gasteiger partial charge < -0.3 is 4.74 Å². The molecule has 11 heteroatoms. The Morgan fingerprint density at radius 2 is 1.24 bits per heavy atom. The Morgan fingerprint density at radius 1 is 0.703 bits per heavy atom. The predicted molar refractivity (Wildman–Crippen MR) is 145 cm³/mol. The first kappa shape index (κ1) is 27.0. The molecule has 0 atom stereocenters. The second kappa shape index (κ2) is 11.1. The molecule has 0 saturated heterocycles. The van der Waals surface area contributed by atoms with Crippen molar-refractivity contribution in [3.05, 3.63) is 122 Å². The Bertz CT molecular complexity index is 1580. The third kappa shape index (κ3) is 5.61. The van der Waals surface area contributed by atoms with Gasteiger partial charge in [0.25, 0.3) is 15.9 Å². The molecule has 0 aliphatic rings. The first-order valence-corrected chi connectivity index (χ1v) is 13.4. The molecule has 0 fully saturated rings. The van der Waals surface area contributed by atoms with Gasteiger partial charge in [-0.3, -0.25) is 4.79 Å². The number of carbonyl (C=O) groups is 2. The van der Waals surface area contributed by atoms with E-state index >= 15 is 0 Å². The molecule has 0 aliphatic heterocycles. The van der Waals surface area contributed by atoms with Crippen LogP contribution in [0.5, 0.6) is 5.75 Å². The molecule has 0 radical (unpaired) electrons. The molecule has 37 heavy (non-hydrogen) atoms. The van der Waals surface area contributed by atoms with Crippen LogP contribution in [-0.4, -0.2) is 20.3 Å². The molecule has 0 aromatic heterocycles. The van der Waals surface area contributed by atoms with Crippen LogP contribution in [0.4, 0.5) is 5.69 Å². The molecule has 4 aromatic carbocycles. The van der Waals surface area contributed by atoms with Crippen molar-refractivity contribution in [2.24, 2.45) is 0 Å². The van der Waals surface area contributed by atoms with Gasteiger partial charge >= 0.3 is 5.97 Å². The van der Waals surface area contributed by atoms with E-state index in [9.17, 15) is 18.0 Å². The van der Waals surface area contributed by atoms with Gasteiger partial charge in [0, 0.05) is 10.6 Å². The zero-order valence-corrected chi connectivity index (χ0v) is 22.4. The lowest BCUT2D eigenvalue weighted by Crippen LogP contribution is -2.37. The number of hydrogen-bond donors (Lipinski definition) is 0. The minimum Gasteiger partial charge on any atom is -0.420 e. The van der Waals surface area contributed by atoms with Crippen molar-refractivity contribution in [2.45, 2.75) is 4.90 Å². The molecule has 188 valence electrons. The molecule has 6 nitrogen and oxygen atoms in total. The van der Waals surface area contributed by atoms with Crippen molar-refractivity contribution in [3.63, 3.8) is 0 Å². The van der Waals surface area contributed by atoms with Crippen LogP contribution in [0.1, 0.15) is 20.7 Å². The topological polar surface area (TPSA) is 80.8 Å². The Kier molecular flexibility index (Phi) is 8.11. The highest BCUT2D eigenvalue weighted by Crippen LogP contribution is 2.46. The number of ether oxygens (including phenoxy) is 1. The predicted octanol–water partition coefficient (Wildman–Crippen LogP) is 7.56. The Balaban J connectivity index is 1.85. The SMILES string of the molecule is O=C(Oc1c(Cl)cc(N(C(=O)c2ccccc2)S(=O)(=O)c2ccc(Cl)cc2)c(Cl)c1Cl)c1ccccc1. The Labute approximate surface area is 233 Å². The number of anilines is 1. The maximum Gasteiger partial charge on any atom is 0.343 e. The molecule has 0 bridgehead atoms. The highest BCUT2D eigenvalue weighted by molar-refractivity contribution is 7.93. The first-order chi connectivity index (χ1) is 17.6. The summed E-state index contributed by atoms with van der Waals surface area (Å²) in [6.07, 6.45) is 0. The van der Waals surface area contributed by atoms with Gasteiger partial charge in [-0.1, -0.05) is 82.8 Å². The van der Waals surface area contributed by atoms with Crippen molar-refractivity contribution in [1.82, 2.24) is 0 Å². The van der Waals surface area contributed by atoms with Crippen LogP contribution >= 0.6 is 46.4 Å². The molecule has 0 saturated carbocycles. The second-order valence-corrected chi connectivity index (χ2v) is 10.9. The fraction of sp³-hybridized carbons (Fsp3) is 0. The summed E-state index contributed by atoms with van der Waals surface area (Å²) in [5, 5.41) is -0.672. The molecule has 0 N–H and O–H groups in total. The average molecular weight is 595 g/mol. The number of rotatable bonds is 6. The summed E-state index contributed by atoms with van der Waals surface area (Å²) in [4.78, 5) is 25.9. The number of esters is 1. The fourth-order valence-corrected chi connectivity index (χ4v) is 5.63. The summed E-state index contributed by atoms with van der Waals surface area (Å²) in [5.41, 5.74) is -0.0519. The molecule has 0 unspecified atom stereocenters. The molecule has 0 spiro atoms. The lowest BCUT2D eigenvalue weighted by atomic mass is 10.2. The van der Waals surface area contributed by atoms with E-state index in [1.165, 1.54) is 48.5 Å². The van der Waals surface area contributed by atoms with Crippen molar-refractivity contribution >= 4 is 74.0 Å².